The zero-order valence-electron chi connectivity index (χ0n) is 24.0. The molecule has 0 radical (unpaired) electrons. The van der Waals surface area contributed by atoms with Crippen molar-refractivity contribution in [2.24, 2.45) is 11.8 Å². The summed E-state index contributed by atoms with van der Waals surface area (Å²) in [7, 11) is 3.25. The lowest BCUT2D eigenvalue weighted by atomic mass is 9.85. The molecule has 1 N–H and O–H groups in total. The van der Waals surface area contributed by atoms with Crippen LogP contribution in [0.4, 0.5) is 0 Å². The topological polar surface area (TPSA) is 66.2 Å². The second kappa shape index (κ2) is 20.0. The average molecular weight is 505 g/mol. The molecule has 1 aromatic rings. The Balaban J connectivity index is 0.00000106. The molecule has 1 amide bonds. The SMILES string of the molecule is C=C(C)C1CCN(C(CO)C2CCN(C(=O)c3ccc(C)o3)CC2)CC1.C=C/C=C\C.CC.COC. The smallest absolute Gasteiger partial charge is 0.289 e. The van der Waals surface area contributed by atoms with Gasteiger partial charge in [-0.1, -0.05) is 50.8 Å². The maximum absolute atomic E-state index is 12.5. The van der Waals surface area contributed by atoms with Gasteiger partial charge in [0.2, 0.25) is 0 Å². The molecule has 0 saturated carbocycles. The molecule has 2 fully saturated rings. The van der Waals surface area contributed by atoms with Crippen LogP contribution in [0.2, 0.25) is 0 Å². The number of aliphatic hydroxyl groups excluding tert-OH is 1. The molecule has 1 unspecified atom stereocenters. The van der Waals surface area contributed by atoms with Crippen molar-refractivity contribution >= 4 is 5.91 Å². The summed E-state index contributed by atoms with van der Waals surface area (Å²) in [6.45, 7) is 21.2. The minimum absolute atomic E-state index is 0.0145. The quantitative estimate of drug-likeness (QED) is 0.373. The molecule has 0 aromatic carbocycles. The Morgan fingerprint density at radius 2 is 1.72 bits per heavy atom. The fourth-order valence-electron chi connectivity index (χ4n) is 4.62. The number of likely N-dealkylation sites (tertiary alicyclic amines) is 2. The highest BCUT2D eigenvalue weighted by atomic mass is 16.4. The number of allylic oxidation sites excluding steroid dienone is 4. The number of ether oxygens (including phenoxy) is 1. The number of methoxy groups -OCH3 is 1. The second-order valence-corrected chi connectivity index (χ2v) is 9.12. The number of rotatable bonds is 6. The first-order chi connectivity index (χ1) is 17.3. The summed E-state index contributed by atoms with van der Waals surface area (Å²) in [6.07, 6.45) is 9.74. The van der Waals surface area contributed by atoms with E-state index in [9.17, 15) is 9.90 Å². The standard InChI is InChI=1S/C21H32N2O3.C5H8.C2H6O.C2H6/c1-15(2)17-6-10-22(11-7-17)19(14-24)18-8-12-23(13-9-18)21(25)20-5-4-16(3)26-20;1-3-5-4-2;1-3-2;1-2/h4-5,17-19,24H,1,6-14H2,2-3H3;3-5H,1H2,2H3;1-2H3;1-2H3/b;5-4-;;. The second-order valence-electron chi connectivity index (χ2n) is 9.12. The third-order valence-electron chi connectivity index (χ3n) is 6.53. The van der Waals surface area contributed by atoms with Gasteiger partial charge in [-0.15, -0.1) is 0 Å². The van der Waals surface area contributed by atoms with Crippen molar-refractivity contribution in [1.29, 1.82) is 0 Å². The van der Waals surface area contributed by atoms with Crippen LogP contribution in [0.3, 0.4) is 0 Å². The van der Waals surface area contributed by atoms with Gasteiger partial charge in [0.15, 0.2) is 5.76 Å². The molecule has 6 nitrogen and oxygen atoms in total. The van der Waals surface area contributed by atoms with Crippen molar-refractivity contribution in [1.82, 2.24) is 9.80 Å². The number of carbonyl (C=O) groups excluding carboxylic acids is 1. The lowest BCUT2D eigenvalue weighted by Crippen LogP contribution is -2.50. The first-order valence-electron chi connectivity index (χ1n) is 13.3. The number of carbonyl (C=O) groups is 1. The van der Waals surface area contributed by atoms with E-state index >= 15 is 0 Å². The van der Waals surface area contributed by atoms with E-state index in [0.717, 1.165) is 57.6 Å². The first-order valence-corrected chi connectivity index (χ1v) is 13.3. The van der Waals surface area contributed by atoms with E-state index in [0.29, 0.717) is 17.6 Å². The van der Waals surface area contributed by atoms with E-state index in [1.54, 1.807) is 26.4 Å². The first kappa shape index (κ1) is 33.8. The lowest BCUT2D eigenvalue weighted by molar-refractivity contribution is 0.0278. The summed E-state index contributed by atoms with van der Waals surface area (Å²) in [6, 6.07) is 3.80. The Bertz CT molecular complexity index is 755. The number of piperidine rings is 2. The Labute approximate surface area is 220 Å². The van der Waals surface area contributed by atoms with E-state index in [-0.39, 0.29) is 18.6 Å². The molecule has 0 aliphatic carbocycles. The van der Waals surface area contributed by atoms with Crippen LogP contribution >= 0.6 is 0 Å². The van der Waals surface area contributed by atoms with Gasteiger partial charge in [-0.05, 0) is 83.5 Å². The van der Waals surface area contributed by atoms with E-state index in [1.165, 1.54) is 5.57 Å². The fourth-order valence-corrected chi connectivity index (χ4v) is 4.62. The molecule has 2 aliphatic rings. The van der Waals surface area contributed by atoms with Gasteiger partial charge in [-0.25, -0.2) is 0 Å². The third kappa shape index (κ3) is 11.7. The van der Waals surface area contributed by atoms with Gasteiger partial charge in [-0.2, -0.15) is 0 Å². The van der Waals surface area contributed by atoms with Crippen molar-refractivity contribution in [2.45, 2.75) is 66.3 Å². The van der Waals surface area contributed by atoms with Crippen molar-refractivity contribution in [3.8, 4) is 0 Å². The van der Waals surface area contributed by atoms with E-state index in [1.807, 2.05) is 50.8 Å². The summed E-state index contributed by atoms with van der Waals surface area (Å²) in [5.74, 6) is 2.26. The predicted molar refractivity (Wildman–Crippen MR) is 151 cm³/mol. The molecule has 36 heavy (non-hydrogen) atoms. The Morgan fingerprint density at radius 1 is 1.17 bits per heavy atom. The van der Waals surface area contributed by atoms with E-state index < -0.39 is 0 Å². The van der Waals surface area contributed by atoms with E-state index in [4.69, 9.17) is 4.42 Å². The van der Waals surface area contributed by atoms with Crippen LogP contribution in [0.1, 0.15) is 69.7 Å². The molecule has 6 heteroatoms. The van der Waals surface area contributed by atoms with Crippen molar-refractivity contribution < 1.29 is 19.1 Å². The third-order valence-corrected chi connectivity index (χ3v) is 6.53. The highest BCUT2D eigenvalue weighted by Gasteiger charge is 2.34. The number of hydrogen-bond acceptors (Lipinski definition) is 5. The summed E-state index contributed by atoms with van der Waals surface area (Å²) in [5, 5.41) is 10.0. The molecule has 3 heterocycles. The fraction of sp³-hybridized carbons (Fsp3) is 0.633. The van der Waals surface area contributed by atoms with Crippen molar-refractivity contribution in [3.05, 3.63) is 60.6 Å². The number of aliphatic hydroxyl groups is 1. The van der Waals surface area contributed by atoms with Gasteiger partial charge in [0.05, 0.1) is 6.61 Å². The Morgan fingerprint density at radius 3 is 2.08 bits per heavy atom. The molecular formula is C30H52N2O4. The Kier molecular flexibility index (Phi) is 18.8. The minimum Gasteiger partial charge on any atom is -0.456 e. The van der Waals surface area contributed by atoms with Crippen molar-refractivity contribution in [2.75, 3.05) is 47.0 Å². The number of nitrogens with zero attached hydrogens (tertiary/aromatic N) is 2. The normalized spacial score (nSPS) is 17.6. The zero-order valence-corrected chi connectivity index (χ0v) is 24.0. The maximum Gasteiger partial charge on any atom is 0.289 e. The van der Waals surface area contributed by atoms with Crippen LogP contribution in [0.5, 0.6) is 0 Å². The highest BCUT2D eigenvalue weighted by molar-refractivity contribution is 5.91. The van der Waals surface area contributed by atoms with Gasteiger partial charge in [0.25, 0.3) is 5.91 Å². The largest absolute Gasteiger partial charge is 0.456 e. The molecule has 1 aromatic heterocycles. The van der Waals surface area contributed by atoms with Gasteiger partial charge in [0.1, 0.15) is 5.76 Å². The highest BCUT2D eigenvalue weighted by Crippen LogP contribution is 2.30. The molecule has 3 rings (SSSR count). The minimum atomic E-state index is -0.0145. The molecule has 2 aliphatic heterocycles. The van der Waals surface area contributed by atoms with Crippen LogP contribution in [-0.2, 0) is 4.74 Å². The molecule has 2 saturated heterocycles. The van der Waals surface area contributed by atoms with Crippen LogP contribution in [0, 0.1) is 18.8 Å². The predicted octanol–water partition coefficient (Wildman–Crippen LogP) is 6.13. The number of furan rings is 1. The maximum atomic E-state index is 12.5. The monoisotopic (exact) mass is 504 g/mol. The number of hydrogen-bond donors (Lipinski definition) is 1. The average Bonchev–Trinajstić information content (AvgIpc) is 3.33. The summed E-state index contributed by atoms with van der Waals surface area (Å²) in [5.41, 5.74) is 1.28. The molecule has 206 valence electrons. The van der Waals surface area contributed by atoms with Crippen LogP contribution in [-0.4, -0.2) is 73.9 Å². The van der Waals surface area contributed by atoms with Crippen LogP contribution in [0.25, 0.3) is 0 Å². The van der Waals surface area contributed by atoms with Crippen molar-refractivity contribution in [3.63, 3.8) is 0 Å². The summed E-state index contributed by atoms with van der Waals surface area (Å²) in [4.78, 5) is 16.9. The molecular weight excluding hydrogens is 452 g/mol. The Hall–Kier alpha value is -2.15. The lowest BCUT2D eigenvalue weighted by Gasteiger charge is -2.43. The molecule has 0 bridgehead atoms. The molecule has 0 spiro atoms. The van der Waals surface area contributed by atoms with Crippen LogP contribution < -0.4 is 0 Å². The molecule has 1 atom stereocenters. The van der Waals surface area contributed by atoms with Gasteiger partial charge in [0, 0.05) is 33.4 Å². The zero-order chi connectivity index (χ0) is 27.5. The van der Waals surface area contributed by atoms with E-state index in [2.05, 4.69) is 29.7 Å². The van der Waals surface area contributed by atoms with Gasteiger partial charge < -0.3 is 19.2 Å². The van der Waals surface area contributed by atoms with Crippen LogP contribution in [0.15, 0.2) is 53.5 Å². The number of aryl methyl sites for hydroxylation is 1. The van der Waals surface area contributed by atoms with Gasteiger partial charge >= 0.3 is 0 Å². The number of amides is 1. The van der Waals surface area contributed by atoms with Gasteiger partial charge in [-0.3, -0.25) is 9.69 Å². The summed E-state index contributed by atoms with van der Waals surface area (Å²) >= 11 is 0. The summed E-state index contributed by atoms with van der Waals surface area (Å²) < 4.78 is 9.72.